The van der Waals surface area contributed by atoms with Crippen molar-refractivity contribution in [2.75, 3.05) is 12.8 Å². The number of anilines is 1. The summed E-state index contributed by atoms with van der Waals surface area (Å²) < 4.78 is 6.13. The Morgan fingerprint density at radius 2 is 1.81 bits per heavy atom. The zero-order valence-electron chi connectivity index (χ0n) is 8.77. The lowest BCUT2D eigenvalue weighted by molar-refractivity contribution is 0.399. The van der Waals surface area contributed by atoms with Crippen molar-refractivity contribution in [2.45, 2.75) is 0 Å². The van der Waals surface area contributed by atoms with Crippen LogP contribution in [0, 0.1) is 0 Å². The smallest absolute Gasteiger partial charge is 0.215 e. The number of nitrogens with two attached hydrogens (primary N) is 1. The molecule has 0 bridgehead atoms. The lowest BCUT2D eigenvalue weighted by Gasteiger charge is -2.06. The Morgan fingerprint density at radius 1 is 1.12 bits per heavy atom. The summed E-state index contributed by atoms with van der Waals surface area (Å²) in [5.41, 5.74) is 7.78. The molecule has 0 amide bonds. The summed E-state index contributed by atoms with van der Waals surface area (Å²) in [5, 5.41) is 0. The van der Waals surface area contributed by atoms with Crippen LogP contribution in [0.2, 0.25) is 0 Å². The highest BCUT2D eigenvalue weighted by molar-refractivity contribution is 9.10. The molecule has 0 unspecified atom stereocenters. The quantitative estimate of drug-likeness (QED) is 0.918. The Bertz CT molecular complexity index is 497. The van der Waals surface area contributed by atoms with Gasteiger partial charge in [-0.05, 0) is 29.3 Å². The molecule has 0 fully saturated rings. The number of methoxy groups -OCH3 is 1. The summed E-state index contributed by atoms with van der Waals surface area (Å²) in [6.45, 7) is 0. The fraction of sp³-hybridized carbons (Fsp3) is 0.0833. The topological polar surface area (TPSA) is 48.1 Å². The molecule has 82 valence electrons. The van der Waals surface area contributed by atoms with Gasteiger partial charge >= 0.3 is 0 Å². The van der Waals surface area contributed by atoms with Crippen molar-refractivity contribution in [1.29, 1.82) is 0 Å². The molecular weight excluding hydrogens is 268 g/mol. The second-order valence-electron chi connectivity index (χ2n) is 3.33. The third-order valence-electron chi connectivity index (χ3n) is 2.21. The van der Waals surface area contributed by atoms with Crippen LogP contribution >= 0.6 is 15.9 Å². The van der Waals surface area contributed by atoms with Crippen LogP contribution in [0.15, 0.2) is 40.9 Å². The van der Waals surface area contributed by atoms with Crippen LogP contribution < -0.4 is 10.5 Å². The predicted molar refractivity (Wildman–Crippen MR) is 68.3 cm³/mol. The molecule has 2 rings (SSSR count). The monoisotopic (exact) mass is 278 g/mol. The van der Waals surface area contributed by atoms with E-state index in [2.05, 4.69) is 20.9 Å². The van der Waals surface area contributed by atoms with E-state index in [0.29, 0.717) is 11.7 Å². The SMILES string of the molecule is COc1cc(-c2ccc(Br)cc2)cc(N)n1. The number of hydrogen-bond donors (Lipinski definition) is 1. The number of nitrogens with zero attached hydrogens (tertiary/aromatic N) is 1. The van der Waals surface area contributed by atoms with E-state index in [-0.39, 0.29) is 0 Å². The molecule has 0 aliphatic heterocycles. The van der Waals surface area contributed by atoms with Crippen molar-refractivity contribution < 1.29 is 4.74 Å². The van der Waals surface area contributed by atoms with E-state index >= 15 is 0 Å². The Balaban J connectivity index is 2.47. The molecule has 0 aliphatic rings. The van der Waals surface area contributed by atoms with Gasteiger partial charge in [0.2, 0.25) is 5.88 Å². The predicted octanol–water partition coefficient (Wildman–Crippen LogP) is 3.10. The summed E-state index contributed by atoms with van der Waals surface area (Å²) >= 11 is 3.40. The summed E-state index contributed by atoms with van der Waals surface area (Å²) in [7, 11) is 1.58. The van der Waals surface area contributed by atoms with Gasteiger partial charge in [0.25, 0.3) is 0 Å². The number of ether oxygens (including phenoxy) is 1. The maximum atomic E-state index is 5.70. The van der Waals surface area contributed by atoms with Crippen molar-refractivity contribution in [1.82, 2.24) is 4.98 Å². The summed E-state index contributed by atoms with van der Waals surface area (Å²) in [6.07, 6.45) is 0. The van der Waals surface area contributed by atoms with Crippen LogP contribution in [0.4, 0.5) is 5.82 Å². The van der Waals surface area contributed by atoms with E-state index in [1.54, 1.807) is 7.11 Å². The molecule has 0 radical (unpaired) electrons. The van der Waals surface area contributed by atoms with Gasteiger partial charge in [0, 0.05) is 10.5 Å². The third-order valence-corrected chi connectivity index (χ3v) is 2.74. The molecule has 0 atom stereocenters. The van der Waals surface area contributed by atoms with Gasteiger partial charge in [0.15, 0.2) is 0 Å². The highest BCUT2D eigenvalue weighted by Crippen LogP contribution is 2.25. The van der Waals surface area contributed by atoms with Crippen LogP contribution in [0.3, 0.4) is 0 Å². The number of nitrogen functional groups attached to an aromatic ring is 1. The minimum atomic E-state index is 0.456. The first kappa shape index (κ1) is 11.0. The fourth-order valence-corrected chi connectivity index (χ4v) is 1.70. The van der Waals surface area contributed by atoms with Gasteiger partial charge in [-0.2, -0.15) is 4.98 Å². The minimum Gasteiger partial charge on any atom is -0.481 e. The average molecular weight is 279 g/mol. The summed E-state index contributed by atoms with van der Waals surface area (Å²) in [5.74, 6) is 0.982. The molecule has 0 saturated carbocycles. The number of hydrogen-bond acceptors (Lipinski definition) is 3. The maximum Gasteiger partial charge on any atom is 0.215 e. The molecule has 2 aromatic rings. The van der Waals surface area contributed by atoms with Crippen LogP contribution in [0.25, 0.3) is 11.1 Å². The highest BCUT2D eigenvalue weighted by Gasteiger charge is 2.03. The van der Waals surface area contributed by atoms with Crippen molar-refractivity contribution in [3.05, 3.63) is 40.9 Å². The minimum absolute atomic E-state index is 0.456. The van der Waals surface area contributed by atoms with Gasteiger partial charge in [-0.15, -0.1) is 0 Å². The zero-order chi connectivity index (χ0) is 11.5. The average Bonchev–Trinajstić information content (AvgIpc) is 2.29. The lowest BCUT2D eigenvalue weighted by Crippen LogP contribution is -1.94. The largest absolute Gasteiger partial charge is 0.481 e. The van der Waals surface area contributed by atoms with Gasteiger partial charge in [0.05, 0.1) is 7.11 Å². The molecule has 1 heterocycles. The van der Waals surface area contributed by atoms with Gasteiger partial charge in [-0.3, -0.25) is 0 Å². The number of rotatable bonds is 2. The first-order chi connectivity index (χ1) is 7.69. The van der Waals surface area contributed by atoms with E-state index in [4.69, 9.17) is 10.5 Å². The number of benzene rings is 1. The number of aromatic nitrogens is 1. The van der Waals surface area contributed by atoms with Crippen LogP contribution in [-0.4, -0.2) is 12.1 Å². The van der Waals surface area contributed by atoms with E-state index in [0.717, 1.165) is 15.6 Å². The Hall–Kier alpha value is -1.55. The van der Waals surface area contributed by atoms with Crippen molar-refractivity contribution in [2.24, 2.45) is 0 Å². The van der Waals surface area contributed by atoms with E-state index < -0.39 is 0 Å². The summed E-state index contributed by atoms with van der Waals surface area (Å²) in [6, 6.07) is 11.7. The Kier molecular flexibility index (Phi) is 3.10. The van der Waals surface area contributed by atoms with E-state index in [9.17, 15) is 0 Å². The van der Waals surface area contributed by atoms with Crippen LogP contribution in [0.5, 0.6) is 5.88 Å². The molecule has 3 nitrogen and oxygen atoms in total. The molecule has 4 heteroatoms. The van der Waals surface area contributed by atoms with Gasteiger partial charge in [-0.1, -0.05) is 28.1 Å². The third kappa shape index (κ3) is 2.33. The van der Waals surface area contributed by atoms with Crippen molar-refractivity contribution >= 4 is 21.7 Å². The molecule has 0 spiro atoms. The molecule has 16 heavy (non-hydrogen) atoms. The molecule has 1 aromatic heterocycles. The van der Waals surface area contributed by atoms with Gasteiger partial charge in [-0.25, -0.2) is 0 Å². The van der Waals surface area contributed by atoms with Crippen molar-refractivity contribution in [3.8, 4) is 17.0 Å². The summed E-state index contributed by atoms with van der Waals surface area (Å²) in [4.78, 5) is 4.04. The molecule has 0 aliphatic carbocycles. The van der Waals surface area contributed by atoms with Gasteiger partial charge in [0.1, 0.15) is 5.82 Å². The Morgan fingerprint density at radius 3 is 2.44 bits per heavy atom. The maximum absolute atomic E-state index is 5.70. The lowest BCUT2D eigenvalue weighted by atomic mass is 10.1. The fourth-order valence-electron chi connectivity index (χ4n) is 1.44. The Labute approximate surface area is 102 Å². The standard InChI is InChI=1S/C12H11BrN2O/c1-16-12-7-9(6-11(14)15-12)8-2-4-10(13)5-3-8/h2-7H,1H3,(H2,14,15). The second kappa shape index (κ2) is 4.53. The normalized spacial score (nSPS) is 10.1. The molecular formula is C12H11BrN2O. The zero-order valence-corrected chi connectivity index (χ0v) is 10.4. The highest BCUT2D eigenvalue weighted by atomic mass is 79.9. The van der Waals surface area contributed by atoms with Gasteiger partial charge < -0.3 is 10.5 Å². The number of halogens is 1. The van der Waals surface area contributed by atoms with E-state index in [1.807, 2.05) is 36.4 Å². The molecule has 0 saturated heterocycles. The second-order valence-corrected chi connectivity index (χ2v) is 4.25. The van der Waals surface area contributed by atoms with Crippen LogP contribution in [-0.2, 0) is 0 Å². The van der Waals surface area contributed by atoms with Crippen LogP contribution in [0.1, 0.15) is 0 Å². The molecule has 2 N–H and O–H groups in total. The first-order valence-electron chi connectivity index (χ1n) is 4.76. The molecule has 1 aromatic carbocycles. The van der Waals surface area contributed by atoms with Crippen molar-refractivity contribution in [3.63, 3.8) is 0 Å². The number of pyridine rings is 1. The van der Waals surface area contributed by atoms with E-state index in [1.165, 1.54) is 0 Å². The first-order valence-corrected chi connectivity index (χ1v) is 5.56.